The Kier molecular flexibility index (Phi) is 4.53. The lowest BCUT2D eigenvalue weighted by Gasteiger charge is -2.11. The number of carbonyl (C=O) groups excluding carboxylic acids is 2. The fourth-order valence-electron chi connectivity index (χ4n) is 2.36. The SMILES string of the molecule is COc1ccc([N+](=O)[O-])cc1C=C1SC(=O)N(c2ccccc2)C1=O. The average molecular weight is 356 g/mol. The standard InChI is InChI=1S/C17H12N2O5S/c1-24-14-8-7-13(19(22)23)9-11(14)10-15-16(20)18(17(21)25-15)12-5-3-2-4-6-12/h2-10H,1H3. The van der Waals surface area contributed by atoms with Gasteiger partial charge in [-0.3, -0.25) is 19.7 Å². The van der Waals surface area contributed by atoms with Gasteiger partial charge in [0.2, 0.25) is 0 Å². The van der Waals surface area contributed by atoms with Gasteiger partial charge in [0.1, 0.15) is 5.75 Å². The number of benzene rings is 2. The van der Waals surface area contributed by atoms with Gasteiger partial charge in [-0.25, -0.2) is 4.90 Å². The fraction of sp³-hybridized carbons (Fsp3) is 0.0588. The van der Waals surface area contributed by atoms with E-state index in [2.05, 4.69) is 0 Å². The molecule has 0 atom stereocenters. The molecule has 0 aliphatic carbocycles. The van der Waals surface area contributed by atoms with E-state index in [9.17, 15) is 19.7 Å². The molecule has 8 heteroatoms. The van der Waals surface area contributed by atoms with Gasteiger partial charge < -0.3 is 4.74 Å². The summed E-state index contributed by atoms with van der Waals surface area (Å²) in [5.74, 6) is -0.105. The number of ether oxygens (including phenoxy) is 1. The second-order valence-corrected chi connectivity index (χ2v) is 6.03. The molecular weight excluding hydrogens is 344 g/mol. The van der Waals surface area contributed by atoms with Crippen molar-refractivity contribution >= 4 is 40.4 Å². The van der Waals surface area contributed by atoms with E-state index in [1.807, 2.05) is 0 Å². The van der Waals surface area contributed by atoms with Crippen molar-refractivity contribution in [1.82, 2.24) is 0 Å². The zero-order chi connectivity index (χ0) is 18.0. The third kappa shape index (κ3) is 3.24. The van der Waals surface area contributed by atoms with Crippen LogP contribution in [-0.2, 0) is 4.79 Å². The minimum Gasteiger partial charge on any atom is -0.496 e. The van der Waals surface area contributed by atoms with Gasteiger partial charge in [-0.1, -0.05) is 18.2 Å². The Morgan fingerprint density at radius 1 is 1.16 bits per heavy atom. The second kappa shape index (κ2) is 6.78. The molecule has 2 aromatic carbocycles. The van der Waals surface area contributed by atoms with E-state index >= 15 is 0 Å². The van der Waals surface area contributed by atoms with Gasteiger partial charge in [0, 0.05) is 17.7 Å². The van der Waals surface area contributed by atoms with Crippen LogP contribution in [0.3, 0.4) is 0 Å². The fourth-order valence-corrected chi connectivity index (χ4v) is 3.19. The number of methoxy groups -OCH3 is 1. The van der Waals surface area contributed by atoms with Crippen molar-refractivity contribution in [1.29, 1.82) is 0 Å². The number of hydrogen-bond donors (Lipinski definition) is 0. The van der Waals surface area contributed by atoms with Gasteiger partial charge in [0.15, 0.2) is 0 Å². The summed E-state index contributed by atoms with van der Waals surface area (Å²) in [6.07, 6.45) is 1.43. The molecule has 2 amide bonds. The molecule has 0 unspecified atom stereocenters. The summed E-state index contributed by atoms with van der Waals surface area (Å²) < 4.78 is 5.18. The summed E-state index contributed by atoms with van der Waals surface area (Å²) in [5, 5.41) is 10.5. The molecule has 126 valence electrons. The van der Waals surface area contributed by atoms with Gasteiger partial charge in [0.25, 0.3) is 16.8 Å². The summed E-state index contributed by atoms with van der Waals surface area (Å²) in [5.41, 5.74) is 0.698. The number of thioether (sulfide) groups is 1. The Bertz CT molecular complexity index is 895. The van der Waals surface area contributed by atoms with Crippen LogP contribution in [0, 0.1) is 10.1 Å². The summed E-state index contributed by atoms with van der Waals surface area (Å²) in [7, 11) is 1.42. The molecule has 0 radical (unpaired) electrons. The molecule has 1 saturated heterocycles. The lowest BCUT2D eigenvalue weighted by atomic mass is 10.1. The minimum atomic E-state index is -0.535. The van der Waals surface area contributed by atoms with Crippen molar-refractivity contribution in [3.63, 3.8) is 0 Å². The van der Waals surface area contributed by atoms with Gasteiger partial charge in [-0.15, -0.1) is 0 Å². The number of nitro benzene ring substituents is 1. The van der Waals surface area contributed by atoms with Crippen LogP contribution in [0.2, 0.25) is 0 Å². The molecule has 0 aromatic heterocycles. The predicted octanol–water partition coefficient (Wildman–Crippen LogP) is 3.84. The molecule has 7 nitrogen and oxygen atoms in total. The van der Waals surface area contributed by atoms with Crippen LogP contribution >= 0.6 is 11.8 Å². The molecule has 0 saturated carbocycles. The highest BCUT2D eigenvalue weighted by Gasteiger charge is 2.36. The number of non-ortho nitro benzene ring substituents is 1. The van der Waals surface area contributed by atoms with Gasteiger partial charge in [-0.05, 0) is 36.0 Å². The molecule has 25 heavy (non-hydrogen) atoms. The van der Waals surface area contributed by atoms with Crippen molar-refractivity contribution in [2.24, 2.45) is 0 Å². The first-order valence-corrected chi connectivity index (χ1v) is 7.98. The topological polar surface area (TPSA) is 89.8 Å². The summed E-state index contributed by atoms with van der Waals surface area (Å²) in [4.78, 5) is 36.4. The lowest BCUT2D eigenvalue weighted by Crippen LogP contribution is -2.27. The van der Waals surface area contributed by atoms with Crippen molar-refractivity contribution in [2.75, 3.05) is 12.0 Å². The average Bonchev–Trinajstić information content (AvgIpc) is 2.89. The zero-order valence-corrected chi connectivity index (χ0v) is 13.9. The number of carbonyl (C=O) groups is 2. The number of rotatable bonds is 4. The van der Waals surface area contributed by atoms with Crippen molar-refractivity contribution in [2.45, 2.75) is 0 Å². The molecule has 0 spiro atoms. The summed E-state index contributed by atoms with van der Waals surface area (Å²) in [6.45, 7) is 0. The first-order chi connectivity index (χ1) is 12.0. The number of nitrogens with zero attached hydrogens (tertiary/aromatic N) is 2. The van der Waals surface area contributed by atoms with Crippen LogP contribution in [-0.4, -0.2) is 23.2 Å². The first kappa shape index (κ1) is 16.7. The Hall–Kier alpha value is -3.13. The van der Waals surface area contributed by atoms with E-state index in [0.29, 0.717) is 17.0 Å². The maximum absolute atomic E-state index is 12.6. The Morgan fingerprint density at radius 3 is 2.52 bits per heavy atom. The van der Waals surface area contributed by atoms with Crippen LogP contribution in [0.4, 0.5) is 16.2 Å². The van der Waals surface area contributed by atoms with E-state index in [1.165, 1.54) is 31.4 Å². The van der Waals surface area contributed by atoms with E-state index in [1.54, 1.807) is 30.3 Å². The monoisotopic (exact) mass is 356 g/mol. The molecule has 1 fully saturated rings. The van der Waals surface area contributed by atoms with Crippen LogP contribution in [0.25, 0.3) is 6.08 Å². The van der Waals surface area contributed by atoms with Crippen molar-refractivity contribution in [3.05, 3.63) is 69.1 Å². The number of para-hydroxylation sites is 1. The second-order valence-electron chi connectivity index (χ2n) is 5.04. The molecular formula is C17H12N2O5S. The molecule has 0 N–H and O–H groups in total. The van der Waals surface area contributed by atoms with Crippen molar-refractivity contribution < 1.29 is 19.2 Å². The number of nitro groups is 1. The Morgan fingerprint density at radius 2 is 1.88 bits per heavy atom. The highest BCUT2D eigenvalue weighted by molar-refractivity contribution is 8.19. The highest BCUT2D eigenvalue weighted by atomic mass is 32.2. The lowest BCUT2D eigenvalue weighted by molar-refractivity contribution is -0.384. The van der Waals surface area contributed by atoms with Crippen LogP contribution < -0.4 is 9.64 Å². The number of imide groups is 1. The molecule has 1 heterocycles. The molecule has 1 aliphatic rings. The third-order valence-corrected chi connectivity index (χ3v) is 4.39. The van der Waals surface area contributed by atoms with E-state index < -0.39 is 16.1 Å². The predicted molar refractivity (Wildman–Crippen MR) is 94.5 cm³/mol. The van der Waals surface area contributed by atoms with Gasteiger partial charge in [-0.2, -0.15) is 0 Å². The van der Waals surface area contributed by atoms with E-state index in [0.717, 1.165) is 16.7 Å². The van der Waals surface area contributed by atoms with Gasteiger partial charge in [0.05, 0.1) is 22.6 Å². The van der Waals surface area contributed by atoms with Crippen LogP contribution in [0.5, 0.6) is 5.75 Å². The van der Waals surface area contributed by atoms with E-state index in [4.69, 9.17) is 4.74 Å². The smallest absolute Gasteiger partial charge is 0.298 e. The minimum absolute atomic E-state index is 0.130. The number of anilines is 1. The number of amides is 2. The Labute approximate surface area is 147 Å². The molecule has 2 aromatic rings. The quantitative estimate of drug-likeness (QED) is 0.470. The molecule has 0 bridgehead atoms. The molecule has 1 aliphatic heterocycles. The Balaban J connectivity index is 2.00. The summed E-state index contributed by atoms with van der Waals surface area (Å²) in [6, 6.07) is 12.6. The number of hydrogen-bond acceptors (Lipinski definition) is 6. The summed E-state index contributed by atoms with van der Waals surface area (Å²) >= 11 is 0.778. The largest absolute Gasteiger partial charge is 0.496 e. The molecule has 3 rings (SSSR count). The zero-order valence-electron chi connectivity index (χ0n) is 13.0. The normalized spacial score (nSPS) is 15.7. The van der Waals surface area contributed by atoms with Crippen LogP contribution in [0.15, 0.2) is 53.4 Å². The maximum Gasteiger partial charge on any atom is 0.298 e. The van der Waals surface area contributed by atoms with E-state index in [-0.39, 0.29) is 10.6 Å². The first-order valence-electron chi connectivity index (χ1n) is 7.16. The highest BCUT2D eigenvalue weighted by Crippen LogP contribution is 2.37. The maximum atomic E-state index is 12.6. The van der Waals surface area contributed by atoms with Crippen LogP contribution in [0.1, 0.15) is 5.56 Å². The van der Waals surface area contributed by atoms with Crippen molar-refractivity contribution in [3.8, 4) is 5.75 Å². The van der Waals surface area contributed by atoms with Gasteiger partial charge >= 0.3 is 0 Å². The third-order valence-electron chi connectivity index (χ3n) is 3.52.